The summed E-state index contributed by atoms with van der Waals surface area (Å²) in [5.41, 5.74) is 7.02. The van der Waals surface area contributed by atoms with Crippen LogP contribution < -0.4 is 16.4 Å². The van der Waals surface area contributed by atoms with Gasteiger partial charge in [0.2, 0.25) is 17.7 Å². The highest BCUT2D eigenvalue weighted by molar-refractivity contribution is 6.02. The van der Waals surface area contributed by atoms with Crippen LogP contribution in [0.4, 0.5) is 9.59 Å². The van der Waals surface area contributed by atoms with Crippen LogP contribution in [0.2, 0.25) is 0 Å². The summed E-state index contributed by atoms with van der Waals surface area (Å²) in [7, 11) is 0. The molecule has 2 aliphatic rings. The molecule has 7 amide bonds. The molecular weight excluding hydrogens is 486 g/mol. The average molecular weight is 524 g/mol. The molecule has 2 aromatic rings. The third-order valence-corrected chi connectivity index (χ3v) is 5.70. The zero-order valence-corrected chi connectivity index (χ0v) is 21.9. The maximum Gasteiger partial charge on any atom is 0.324 e. The van der Waals surface area contributed by atoms with Gasteiger partial charge in [0.25, 0.3) is 0 Å². The van der Waals surface area contributed by atoms with E-state index >= 15 is 0 Å². The number of carbonyl (C=O) groups excluding carboxylic acids is 5. The van der Waals surface area contributed by atoms with Crippen LogP contribution in [-0.2, 0) is 27.5 Å². The van der Waals surface area contributed by atoms with Gasteiger partial charge in [-0.25, -0.2) is 9.59 Å². The Morgan fingerprint density at radius 2 is 1.13 bits per heavy atom. The van der Waals surface area contributed by atoms with Crippen molar-refractivity contribution in [2.45, 2.75) is 58.5 Å². The molecule has 0 atom stereocenters. The summed E-state index contributed by atoms with van der Waals surface area (Å²) >= 11 is 0. The van der Waals surface area contributed by atoms with E-state index in [1.165, 1.54) is 29.1 Å². The molecule has 0 spiro atoms. The number of hydrogen-bond donors (Lipinski definition) is 3. The van der Waals surface area contributed by atoms with Gasteiger partial charge in [-0.15, -0.1) is 0 Å². The van der Waals surface area contributed by atoms with E-state index in [4.69, 9.17) is 5.73 Å². The number of nitrogens with zero attached hydrogens (tertiary/aromatic N) is 2. The van der Waals surface area contributed by atoms with Crippen LogP contribution in [0.15, 0.2) is 60.7 Å². The summed E-state index contributed by atoms with van der Waals surface area (Å²) in [6.45, 7) is 3.46. The van der Waals surface area contributed by atoms with E-state index < -0.39 is 0 Å². The van der Waals surface area contributed by atoms with Crippen molar-refractivity contribution in [3.63, 3.8) is 0 Å². The molecule has 2 heterocycles. The number of nitrogens with one attached hydrogen (secondary N) is 2. The minimum absolute atomic E-state index is 0.160. The SMILES string of the molecule is CCCCCCCC(N)=O.O=C1CN(Cc2ccccc2)C(=O)N1.O=C1CN(Cc2ccccc2)C(=O)N1. The van der Waals surface area contributed by atoms with Crippen molar-refractivity contribution in [3.05, 3.63) is 71.8 Å². The third kappa shape index (κ3) is 11.7. The van der Waals surface area contributed by atoms with Gasteiger partial charge in [-0.3, -0.25) is 25.0 Å². The molecular formula is C28H37N5O5. The molecule has 2 aromatic carbocycles. The Kier molecular flexibility index (Phi) is 13.0. The number of urea groups is 2. The lowest BCUT2D eigenvalue weighted by Crippen LogP contribution is -2.27. The molecule has 2 fully saturated rings. The largest absolute Gasteiger partial charge is 0.370 e. The second kappa shape index (κ2) is 16.5. The highest BCUT2D eigenvalue weighted by Crippen LogP contribution is 2.08. The second-order valence-electron chi connectivity index (χ2n) is 9.02. The minimum Gasteiger partial charge on any atom is -0.370 e. The van der Waals surface area contributed by atoms with Gasteiger partial charge < -0.3 is 15.5 Å². The molecule has 4 N–H and O–H groups in total. The lowest BCUT2D eigenvalue weighted by Gasteiger charge is -2.12. The van der Waals surface area contributed by atoms with Crippen LogP contribution in [0.1, 0.15) is 56.6 Å². The molecule has 0 aromatic heterocycles. The minimum atomic E-state index is -0.307. The number of nitrogens with two attached hydrogens (primary N) is 1. The van der Waals surface area contributed by atoms with Gasteiger partial charge in [0, 0.05) is 19.5 Å². The van der Waals surface area contributed by atoms with Crippen molar-refractivity contribution in [1.82, 2.24) is 20.4 Å². The Bertz CT molecular complexity index is 988. The first-order valence-electron chi connectivity index (χ1n) is 12.8. The molecule has 2 aliphatic heterocycles. The highest BCUT2D eigenvalue weighted by Gasteiger charge is 2.27. The zero-order valence-electron chi connectivity index (χ0n) is 21.9. The van der Waals surface area contributed by atoms with Crippen molar-refractivity contribution in [1.29, 1.82) is 0 Å². The Morgan fingerprint density at radius 3 is 1.47 bits per heavy atom. The fourth-order valence-corrected chi connectivity index (χ4v) is 3.73. The number of imide groups is 2. The van der Waals surface area contributed by atoms with Crippen LogP contribution in [-0.4, -0.2) is 52.7 Å². The Balaban J connectivity index is 0.000000204. The fourth-order valence-electron chi connectivity index (χ4n) is 3.73. The monoisotopic (exact) mass is 523 g/mol. The normalized spacial score (nSPS) is 14.2. The van der Waals surface area contributed by atoms with E-state index in [1.807, 2.05) is 60.7 Å². The number of unbranched alkanes of at least 4 members (excludes halogenated alkanes) is 4. The van der Waals surface area contributed by atoms with Gasteiger partial charge in [0.1, 0.15) is 13.1 Å². The van der Waals surface area contributed by atoms with Gasteiger partial charge in [0.05, 0.1) is 0 Å². The molecule has 0 aliphatic carbocycles. The van der Waals surface area contributed by atoms with E-state index in [-0.39, 0.29) is 42.9 Å². The molecule has 4 rings (SSSR count). The maximum absolute atomic E-state index is 11.2. The Morgan fingerprint density at radius 1 is 0.711 bits per heavy atom. The van der Waals surface area contributed by atoms with Crippen LogP contribution in [0, 0.1) is 0 Å². The summed E-state index contributed by atoms with van der Waals surface area (Å²) < 4.78 is 0. The lowest BCUT2D eigenvalue weighted by molar-refractivity contribution is -0.119. The zero-order chi connectivity index (χ0) is 27.8. The summed E-state index contributed by atoms with van der Waals surface area (Å²) in [5, 5.41) is 4.47. The van der Waals surface area contributed by atoms with E-state index in [1.54, 1.807) is 0 Å². The van der Waals surface area contributed by atoms with Crippen molar-refractivity contribution in [3.8, 4) is 0 Å². The van der Waals surface area contributed by atoms with Gasteiger partial charge in [0.15, 0.2) is 0 Å². The van der Waals surface area contributed by atoms with Crippen molar-refractivity contribution in [2.24, 2.45) is 5.73 Å². The third-order valence-electron chi connectivity index (χ3n) is 5.70. The molecule has 0 unspecified atom stereocenters. The average Bonchev–Trinajstić information content (AvgIpc) is 3.38. The predicted octanol–water partition coefficient (Wildman–Crippen LogP) is 3.31. The number of carbonyl (C=O) groups is 5. The van der Waals surface area contributed by atoms with E-state index in [0.29, 0.717) is 19.5 Å². The quantitative estimate of drug-likeness (QED) is 0.324. The molecule has 0 saturated carbocycles. The summed E-state index contributed by atoms with van der Waals surface area (Å²) in [6.07, 6.45) is 6.44. The number of rotatable bonds is 10. The standard InChI is InChI=1S/2C10H10N2O2.C8H17NO/c2*13-9-7-12(10(14)11-9)6-8-4-2-1-3-5-8;1-2-3-4-5-6-7-8(9)10/h2*1-5H,6-7H2,(H,11,13,14);2-7H2,1H3,(H2,9,10). The van der Waals surface area contributed by atoms with Gasteiger partial charge in [-0.2, -0.15) is 0 Å². The predicted molar refractivity (Wildman–Crippen MR) is 143 cm³/mol. The topological polar surface area (TPSA) is 142 Å². The maximum atomic E-state index is 11.2. The molecule has 10 heteroatoms. The lowest BCUT2D eigenvalue weighted by atomic mass is 10.1. The van der Waals surface area contributed by atoms with Crippen molar-refractivity contribution in [2.75, 3.05) is 13.1 Å². The smallest absolute Gasteiger partial charge is 0.324 e. The number of amides is 7. The van der Waals surface area contributed by atoms with Crippen LogP contribution in [0.25, 0.3) is 0 Å². The Hall–Kier alpha value is -4.21. The van der Waals surface area contributed by atoms with Gasteiger partial charge >= 0.3 is 12.1 Å². The van der Waals surface area contributed by atoms with Crippen LogP contribution in [0.5, 0.6) is 0 Å². The first kappa shape index (κ1) is 30.0. The van der Waals surface area contributed by atoms with E-state index in [2.05, 4.69) is 17.6 Å². The molecule has 0 bridgehead atoms. The number of benzene rings is 2. The van der Waals surface area contributed by atoms with Gasteiger partial charge in [-0.05, 0) is 17.5 Å². The summed E-state index contributed by atoms with van der Waals surface area (Å²) in [4.78, 5) is 57.3. The molecule has 0 radical (unpaired) electrons. The number of hydrogen-bond acceptors (Lipinski definition) is 5. The first-order valence-corrected chi connectivity index (χ1v) is 12.8. The molecule has 10 nitrogen and oxygen atoms in total. The fraction of sp³-hybridized carbons (Fsp3) is 0.393. The summed E-state index contributed by atoms with van der Waals surface area (Å²) in [5.74, 6) is -0.631. The van der Waals surface area contributed by atoms with Gasteiger partial charge in [-0.1, -0.05) is 93.3 Å². The van der Waals surface area contributed by atoms with E-state index in [0.717, 1.165) is 24.0 Å². The molecule has 2 saturated heterocycles. The van der Waals surface area contributed by atoms with Crippen molar-refractivity contribution < 1.29 is 24.0 Å². The van der Waals surface area contributed by atoms with Crippen LogP contribution >= 0.6 is 0 Å². The second-order valence-corrected chi connectivity index (χ2v) is 9.02. The first-order chi connectivity index (χ1) is 18.3. The van der Waals surface area contributed by atoms with E-state index in [9.17, 15) is 24.0 Å². The number of primary amides is 1. The highest BCUT2D eigenvalue weighted by atomic mass is 16.2. The molecule has 204 valence electrons. The van der Waals surface area contributed by atoms with Crippen LogP contribution in [0.3, 0.4) is 0 Å². The molecule has 38 heavy (non-hydrogen) atoms. The Labute approximate surface area is 223 Å². The summed E-state index contributed by atoms with van der Waals surface area (Å²) in [6, 6.07) is 18.6. The van der Waals surface area contributed by atoms with Crippen molar-refractivity contribution >= 4 is 29.8 Å².